The minimum atomic E-state index is -1.15. The number of aryl methyl sites for hydroxylation is 1. The van der Waals surface area contributed by atoms with Gasteiger partial charge < -0.3 is 10.0 Å². The number of benzene rings is 1. The van der Waals surface area contributed by atoms with Crippen LogP contribution in [0.2, 0.25) is 0 Å². The van der Waals surface area contributed by atoms with E-state index < -0.39 is 17.7 Å². The number of carboxylic acid groups (broad SMARTS) is 1. The molecule has 104 valence electrons. The maximum atomic E-state index is 13.1. The molecule has 0 saturated heterocycles. The number of carbonyl (C=O) groups is 2. The van der Waals surface area contributed by atoms with Crippen molar-refractivity contribution in [2.45, 2.75) is 6.92 Å². The molecule has 0 unspecified atom stereocenters. The molecule has 0 aliphatic rings. The fourth-order valence-electron chi connectivity index (χ4n) is 1.74. The Bertz CT molecular complexity index is 684. The summed E-state index contributed by atoms with van der Waals surface area (Å²) in [7, 11) is 1.44. The average Bonchev–Trinajstić information content (AvgIpc) is 2.79. The molecule has 0 bridgehead atoms. The second-order valence-corrected chi connectivity index (χ2v) is 4.88. The number of hydrogen-bond acceptors (Lipinski definition) is 4. The maximum Gasteiger partial charge on any atom is 0.340 e. The lowest BCUT2D eigenvalue weighted by molar-refractivity contribution is 0.0697. The van der Waals surface area contributed by atoms with Crippen molar-refractivity contribution >= 4 is 28.4 Å². The number of carboxylic acids is 1. The molecule has 2 rings (SSSR count). The topological polar surface area (TPSA) is 70.5 Å². The van der Waals surface area contributed by atoms with E-state index in [-0.39, 0.29) is 16.1 Å². The molecular weight excluding hydrogens is 283 g/mol. The third-order valence-electron chi connectivity index (χ3n) is 2.74. The van der Waals surface area contributed by atoms with E-state index in [1.807, 2.05) is 0 Å². The molecule has 2 aromatic rings. The molecule has 1 amide bonds. The van der Waals surface area contributed by atoms with Crippen molar-refractivity contribution in [2.75, 3.05) is 11.9 Å². The SMILES string of the molecule is Cc1nsc(N(C)C(=O)c2cccc(F)c2)c1C(=O)O. The number of aromatic carboxylic acids is 1. The number of amides is 1. The highest BCUT2D eigenvalue weighted by atomic mass is 32.1. The highest BCUT2D eigenvalue weighted by molar-refractivity contribution is 7.11. The van der Waals surface area contributed by atoms with Gasteiger partial charge in [0.1, 0.15) is 16.4 Å². The van der Waals surface area contributed by atoms with Crippen LogP contribution in [0.3, 0.4) is 0 Å². The normalized spacial score (nSPS) is 10.3. The molecule has 1 aromatic heterocycles. The van der Waals surface area contributed by atoms with Crippen LogP contribution >= 0.6 is 11.5 Å². The van der Waals surface area contributed by atoms with Gasteiger partial charge in [0.2, 0.25) is 0 Å². The van der Waals surface area contributed by atoms with Gasteiger partial charge in [-0.3, -0.25) is 4.79 Å². The van der Waals surface area contributed by atoms with E-state index >= 15 is 0 Å². The van der Waals surface area contributed by atoms with Crippen molar-refractivity contribution in [2.24, 2.45) is 0 Å². The summed E-state index contributed by atoms with van der Waals surface area (Å²) in [6.07, 6.45) is 0. The first-order chi connectivity index (χ1) is 9.41. The van der Waals surface area contributed by atoms with Gasteiger partial charge in [0.15, 0.2) is 0 Å². The van der Waals surface area contributed by atoms with Crippen LogP contribution in [0.25, 0.3) is 0 Å². The van der Waals surface area contributed by atoms with Crippen LogP contribution in [-0.4, -0.2) is 28.4 Å². The Morgan fingerprint density at radius 3 is 2.70 bits per heavy atom. The molecule has 0 spiro atoms. The van der Waals surface area contributed by atoms with Crippen molar-refractivity contribution in [3.63, 3.8) is 0 Å². The number of aromatic nitrogens is 1. The third kappa shape index (κ3) is 2.53. The predicted octanol–water partition coefficient (Wildman–Crippen LogP) is 2.57. The van der Waals surface area contributed by atoms with Gasteiger partial charge in [-0.05, 0) is 36.7 Å². The molecule has 0 aliphatic heterocycles. The van der Waals surface area contributed by atoms with Crippen LogP contribution in [0.4, 0.5) is 9.39 Å². The van der Waals surface area contributed by atoms with Gasteiger partial charge in [-0.25, -0.2) is 9.18 Å². The Morgan fingerprint density at radius 2 is 2.10 bits per heavy atom. The van der Waals surface area contributed by atoms with Crippen molar-refractivity contribution in [3.05, 3.63) is 46.9 Å². The molecule has 0 fully saturated rings. The number of nitrogens with zero attached hydrogens (tertiary/aromatic N) is 2. The molecule has 7 heteroatoms. The van der Waals surface area contributed by atoms with Gasteiger partial charge in [0.05, 0.1) is 5.69 Å². The maximum absolute atomic E-state index is 13.1. The van der Waals surface area contributed by atoms with E-state index in [1.165, 1.54) is 30.1 Å². The largest absolute Gasteiger partial charge is 0.478 e. The van der Waals surface area contributed by atoms with E-state index in [4.69, 9.17) is 5.11 Å². The lowest BCUT2D eigenvalue weighted by Gasteiger charge is -2.15. The molecule has 0 aliphatic carbocycles. The Hall–Kier alpha value is -2.28. The standard InChI is InChI=1S/C13H11FN2O3S/c1-7-10(13(18)19)12(20-15-7)16(2)11(17)8-4-3-5-9(14)6-8/h3-6H,1-2H3,(H,18,19). The van der Waals surface area contributed by atoms with Crippen LogP contribution in [0, 0.1) is 12.7 Å². The lowest BCUT2D eigenvalue weighted by Crippen LogP contribution is -2.27. The molecule has 0 radical (unpaired) electrons. The quantitative estimate of drug-likeness (QED) is 0.944. The van der Waals surface area contributed by atoms with E-state index in [1.54, 1.807) is 6.92 Å². The van der Waals surface area contributed by atoms with E-state index in [9.17, 15) is 14.0 Å². The Morgan fingerprint density at radius 1 is 1.40 bits per heavy atom. The molecular formula is C13H11FN2O3S. The van der Waals surface area contributed by atoms with Crippen LogP contribution in [0.15, 0.2) is 24.3 Å². The van der Waals surface area contributed by atoms with E-state index in [0.717, 1.165) is 17.6 Å². The second-order valence-electron chi connectivity index (χ2n) is 4.13. The molecule has 1 N–H and O–H groups in total. The predicted molar refractivity (Wildman–Crippen MR) is 72.9 cm³/mol. The molecule has 1 aromatic carbocycles. The van der Waals surface area contributed by atoms with Crippen LogP contribution in [0.1, 0.15) is 26.4 Å². The summed E-state index contributed by atoms with van der Waals surface area (Å²) in [6.45, 7) is 1.56. The smallest absolute Gasteiger partial charge is 0.340 e. The summed E-state index contributed by atoms with van der Waals surface area (Å²) in [6, 6.07) is 5.23. The highest BCUT2D eigenvalue weighted by Gasteiger charge is 2.24. The van der Waals surface area contributed by atoms with Crippen molar-refractivity contribution in [1.29, 1.82) is 0 Å². The van der Waals surface area contributed by atoms with Crippen molar-refractivity contribution in [1.82, 2.24) is 4.37 Å². The monoisotopic (exact) mass is 294 g/mol. The summed E-state index contributed by atoms with van der Waals surface area (Å²) >= 11 is 0.920. The number of anilines is 1. The van der Waals surface area contributed by atoms with Gasteiger partial charge in [0, 0.05) is 12.6 Å². The second kappa shape index (κ2) is 5.38. The van der Waals surface area contributed by atoms with Crippen LogP contribution in [0.5, 0.6) is 0 Å². The summed E-state index contributed by atoms with van der Waals surface area (Å²) in [5.41, 5.74) is 0.480. The van der Waals surface area contributed by atoms with Crippen molar-refractivity contribution < 1.29 is 19.1 Å². The number of rotatable bonds is 3. The fourth-order valence-corrected chi connectivity index (χ4v) is 2.59. The zero-order chi connectivity index (χ0) is 14.9. The third-order valence-corrected chi connectivity index (χ3v) is 3.76. The van der Waals surface area contributed by atoms with Gasteiger partial charge in [-0.15, -0.1) is 0 Å². The number of halogens is 1. The van der Waals surface area contributed by atoms with Gasteiger partial charge >= 0.3 is 5.97 Å². The summed E-state index contributed by atoms with van der Waals surface area (Å²) in [5, 5.41) is 9.38. The average molecular weight is 294 g/mol. The summed E-state index contributed by atoms with van der Waals surface area (Å²) < 4.78 is 17.1. The van der Waals surface area contributed by atoms with Gasteiger partial charge in [-0.2, -0.15) is 4.37 Å². The zero-order valence-electron chi connectivity index (χ0n) is 10.8. The summed E-state index contributed by atoms with van der Waals surface area (Å²) in [5.74, 6) is -2.16. The highest BCUT2D eigenvalue weighted by Crippen LogP contribution is 2.28. The number of carbonyl (C=O) groups excluding carboxylic acids is 1. The van der Waals surface area contributed by atoms with E-state index in [0.29, 0.717) is 5.69 Å². The zero-order valence-corrected chi connectivity index (χ0v) is 11.6. The minimum Gasteiger partial charge on any atom is -0.478 e. The van der Waals surface area contributed by atoms with Gasteiger partial charge in [0.25, 0.3) is 5.91 Å². The Labute approximate surface area is 118 Å². The first kappa shape index (κ1) is 14.1. The van der Waals surface area contributed by atoms with Crippen molar-refractivity contribution in [3.8, 4) is 0 Å². The molecule has 20 heavy (non-hydrogen) atoms. The Balaban J connectivity index is 2.39. The number of hydrogen-bond donors (Lipinski definition) is 1. The first-order valence-electron chi connectivity index (χ1n) is 5.65. The molecule has 0 atom stereocenters. The molecule has 0 saturated carbocycles. The van der Waals surface area contributed by atoms with Gasteiger partial charge in [-0.1, -0.05) is 6.07 Å². The molecule has 5 nitrogen and oxygen atoms in total. The minimum absolute atomic E-state index is 0.0118. The van der Waals surface area contributed by atoms with Crippen LogP contribution in [-0.2, 0) is 0 Å². The molecule has 1 heterocycles. The lowest BCUT2D eigenvalue weighted by atomic mass is 10.2. The van der Waals surface area contributed by atoms with E-state index in [2.05, 4.69) is 4.37 Å². The summed E-state index contributed by atoms with van der Waals surface area (Å²) in [4.78, 5) is 24.6. The Kier molecular flexibility index (Phi) is 3.80. The first-order valence-corrected chi connectivity index (χ1v) is 6.42. The van der Waals surface area contributed by atoms with Crippen LogP contribution < -0.4 is 4.90 Å². The fraction of sp³-hybridized carbons (Fsp3) is 0.154.